The molecule has 5 nitrogen and oxygen atoms in total. The number of nitrogens with zero attached hydrogens (tertiary/aromatic N) is 2. The van der Waals surface area contributed by atoms with Crippen molar-refractivity contribution < 1.29 is 10.0 Å². The van der Waals surface area contributed by atoms with Gasteiger partial charge in [-0.2, -0.15) is 0 Å². The molecular formula is C11H26BN3O2. The molecule has 6 heteroatoms. The van der Waals surface area contributed by atoms with E-state index in [4.69, 9.17) is 15.8 Å². The Morgan fingerprint density at radius 2 is 1.82 bits per heavy atom. The summed E-state index contributed by atoms with van der Waals surface area (Å²) in [5.74, 6) is 0. The summed E-state index contributed by atoms with van der Waals surface area (Å²) in [5, 5.41) is 17.4. The Balaban J connectivity index is 2.02. The molecule has 0 aromatic carbocycles. The van der Waals surface area contributed by atoms with Gasteiger partial charge in [0.05, 0.1) is 0 Å². The van der Waals surface area contributed by atoms with Crippen molar-refractivity contribution >= 4 is 7.12 Å². The molecule has 0 spiro atoms. The van der Waals surface area contributed by atoms with Gasteiger partial charge in [-0.3, -0.25) is 4.90 Å². The molecule has 17 heavy (non-hydrogen) atoms. The Kier molecular flexibility index (Phi) is 7.07. The molecule has 1 heterocycles. The first-order chi connectivity index (χ1) is 8.08. The molecule has 0 aliphatic carbocycles. The van der Waals surface area contributed by atoms with Crippen molar-refractivity contribution in [3.05, 3.63) is 0 Å². The number of rotatable bonds is 7. The van der Waals surface area contributed by atoms with Crippen LogP contribution in [0.4, 0.5) is 0 Å². The van der Waals surface area contributed by atoms with Gasteiger partial charge in [0.2, 0.25) is 0 Å². The molecule has 1 unspecified atom stereocenters. The summed E-state index contributed by atoms with van der Waals surface area (Å²) >= 11 is 0. The minimum absolute atomic E-state index is 0.217. The van der Waals surface area contributed by atoms with Crippen LogP contribution in [0.25, 0.3) is 0 Å². The molecule has 0 amide bonds. The van der Waals surface area contributed by atoms with Crippen LogP contribution in [0.15, 0.2) is 0 Å². The molecule has 1 fully saturated rings. The van der Waals surface area contributed by atoms with Crippen molar-refractivity contribution in [2.45, 2.75) is 31.6 Å². The molecule has 100 valence electrons. The second-order valence-electron chi connectivity index (χ2n) is 5.13. The third-order valence-corrected chi connectivity index (χ3v) is 3.38. The third kappa shape index (κ3) is 7.01. The monoisotopic (exact) mass is 243 g/mol. The van der Waals surface area contributed by atoms with Gasteiger partial charge in [-0.1, -0.05) is 12.8 Å². The summed E-state index contributed by atoms with van der Waals surface area (Å²) in [6, 6.07) is 0.217. The second kappa shape index (κ2) is 8.05. The maximum atomic E-state index is 8.71. The fraction of sp³-hybridized carbons (Fsp3) is 1.00. The maximum Gasteiger partial charge on any atom is 0.451 e. The van der Waals surface area contributed by atoms with Crippen LogP contribution in [-0.4, -0.2) is 72.8 Å². The van der Waals surface area contributed by atoms with Crippen LogP contribution < -0.4 is 5.73 Å². The van der Waals surface area contributed by atoms with E-state index in [-0.39, 0.29) is 6.04 Å². The fourth-order valence-corrected chi connectivity index (χ4v) is 2.19. The zero-order chi connectivity index (χ0) is 12.7. The molecule has 0 radical (unpaired) electrons. The highest BCUT2D eigenvalue weighted by Crippen LogP contribution is 2.06. The minimum Gasteiger partial charge on any atom is -0.427 e. The zero-order valence-electron chi connectivity index (χ0n) is 10.9. The van der Waals surface area contributed by atoms with Gasteiger partial charge in [0.1, 0.15) is 0 Å². The van der Waals surface area contributed by atoms with Crippen molar-refractivity contribution in [2.75, 3.05) is 39.8 Å². The lowest BCUT2D eigenvalue weighted by molar-refractivity contribution is 0.146. The van der Waals surface area contributed by atoms with E-state index in [1.807, 2.05) is 0 Å². The molecule has 1 aliphatic rings. The first kappa shape index (κ1) is 14.9. The number of unbranched alkanes of at least 4 members (excludes halogenated alkanes) is 1. The van der Waals surface area contributed by atoms with E-state index in [0.29, 0.717) is 6.32 Å². The number of nitrogens with two attached hydrogens (primary N) is 1. The number of piperazine rings is 1. The predicted molar refractivity (Wildman–Crippen MR) is 70.8 cm³/mol. The molecule has 4 N–H and O–H groups in total. The molecule has 1 saturated heterocycles. The summed E-state index contributed by atoms with van der Waals surface area (Å²) in [5.41, 5.74) is 6.08. The standard InChI is InChI=1S/C11H26BN3O2/c1-14-6-8-15(9-7-14)10-11(13)4-2-3-5-12(16)17/h11,16-17H,2-10,13H2,1H3. The SMILES string of the molecule is CN1CCN(CC(N)CCCCB(O)O)CC1. The topological polar surface area (TPSA) is 73.0 Å². The van der Waals surface area contributed by atoms with E-state index in [1.165, 1.54) is 0 Å². The van der Waals surface area contributed by atoms with Crippen LogP contribution in [0, 0.1) is 0 Å². The third-order valence-electron chi connectivity index (χ3n) is 3.38. The van der Waals surface area contributed by atoms with Crippen LogP contribution in [-0.2, 0) is 0 Å². The molecule has 0 saturated carbocycles. The van der Waals surface area contributed by atoms with Crippen LogP contribution in [0.2, 0.25) is 6.32 Å². The largest absolute Gasteiger partial charge is 0.451 e. The molecule has 1 atom stereocenters. The van der Waals surface area contributed by atoms with E-state index in [1.54, 1.807) is 0 Å². The Morgan fingerprint density at radius 1 is 1.18 bits per heavy atom. The normalized spacial score (nSPS) is 20.5. The van der Waals surface area contributed by atoms with Crippen molar-refractivity contribution in [1.82, 2.24) is 9.80 Å². The summed E-state index contributed by atoms with van der Waals surface area (Å²) < 4.78 is 0. The lowest BCUT2D eigenvalue weighted by Gasteiger charge is -2.33. The lowest BCUT2D eigenvalue weighted by Crippen LogP contribution is -2.48. The van der Waals surface area contributed by atoms with E-state index in [0.717, 1.165) is 52.0 Å². The average Bonchev–Trinajstić information content (AvgIpc) is 2.27. The number of hydrogen-bond acceptors (Lipinski definition) is 5. The van der Waals surface area contributed by atoms with Crippen LogP contribution >= 0.6 is 0 Å². The van der Waals surface area contributed by atoms with Crippen molar-refractivity contribution in [3.63, 3.8) is 0 Å². The van der Waals surface area contributed by atoms with Gasteiger partial charge in [-0.05, 0) is 19.8 Å². The minimum atomic E-state index is -1.16. The van der Waals surface area contributed by atoms with Gasteiger partial charge in [0.15, 0.2) is 0 Å². The molecule has 0 bridgehead atoms. The van der Waals surface area contributed by atoms with Gasteiger partial charge in [-0.15, -0.1) is 0 Å². The van der Waals surface area contributed by atoms with Gasteiger partial charge in [-0.25, -0.2) is 0 Å². The first-order valence-electron chi connectivity index (χ1n) is 6.60. The summed E-state index contributed by atoms with van der Waals surface area (Å²) in [6.45, 7) is 5.45. The molecule has 0 aromatic rings. The Labute approximate surface area is 105 Å². The maximum absolute atomic E-state index is 8.71. The highest BCUT2D eigenvalue weighted by atomic mass is 16.4. The number of likely N-dealkylation sites (N-methyl/N-ethyl adjacent to an activating group) is 1. The smallest absolute Gasteiger partial charge is 0.427 e. The van der Waals surface area contributed by atoms with Crippen molar-refractivity contribution in [2.24, 2.45) is 5.73 Å². The van der Waals surface area contributed by atoms with Crippen LogP contribution in [0.1, 0.15) is 19.3 Å². The second-order valence-corrected chi connectivity index (χ2v) is 5.13. The average molecular weight is 243 g/mol. The van der Waals surface area contributed by atoms with Gasteiger partial charge in [0.25, 0.3) is 0 Å². The predicted octanol–water partition coefficient (Wildman–Crippen LogP) is -0.796. The van der Waals surface area contributed by atoms with E-state index < -0.39 is 7.12 Å². The Bertz CT molecular complexity index is 199. The summed E-state index contributed by atoms with van der Waals surface area (Å²) in [7, 11) is 0.987. The van der Waals surface area contributed by atoms with Crippen molar-refractivity contribution in [3.8, 4) is 0 Å². The van der Waals surface area contributed by atoms with Crippen molar-refractivity contribution in [1.29, 1.82) is 0 Å². The van der Waals surface area contributed by atoms with Gasteiger partial charge >= 0.3 is 7.12 Å². The van der Waals surface area contributed by atoms with Gasteiger partial charge < -0.3 is 20.7 Å². The quantitative estimate of drug-likeness (QED) is 0.403. The van der Waals surface area contributed by atoms with E-state index in [9.17, 15) is 0 Å². The molecule has 1 aliphatic heterocycles. The molecule has 0 aromatic heterocycles. The van der Waals surface area contributed by atoms with Crippen LogP contribution in [0.5, 0.6) is 0 Å². The molecule has 1 rings (SSSR count). The van der Waals surface area contributed by atoms with E-state index in [2.05, 4.69) is 16.8 Å². The highest BCUT2D eigenvalue weighted by Gasteiger charge is 2.16. The Morgan fingerprint density at radius 3 is 2.41 bits per heavy atom. The Hall–Kier alpha value is -0.135. The van der Waals surface area contributed by atoms with Crippen LogP contribution in [0.3, 0.4) is 0 Å². The first-order valence-corrected chi connectivity index (χ1v) is 6.60. The van der Waals surface area contributed by atoms with E-state index >= 15 is 0 Å². The fourth-order valence-electron chi connectivity index (χ4n) is 2.19. The van der Waals surface area contributed by atoms with Gasteiger partial charge in [0, 0.05) is 38.8 Å². The number of hydrogen-bond donors (Lipinski definition) is 3. The lowest BCUT2D eigenvalue weighted by atomic mass is 9.83. The molecular weight excluding hydrogens is 217 g/mol. The highest BCUT2D eigenvalue weighted by molar-refractivity contribution is 6.40. The summed E-state index contributed by atoms with van der Waals surface area (Å²) in [6.07, 6.45) is 3.25. The zero-order valence-corrected chi connectivity index (χ0v) is 10.9. The summed E-state index contributed by atoms with van der Waals surface area (Å²) in [4.78, 5) is 4.76.